The molecule has 0 aliphatic heterocycles. The third-order valence-corrected chi connectivity index (χ3v) is 5.86. The molecule has 0 unspecified atom stereocenters. The van der Waals surface area contributed by atoms with Crippen molar-refractivity contribution in [2.75, 3.05) is 15.8 Å². The van der Waals surface area contributed by atoms with Gasteiger partial charge in [0.1, 0.15) is 0 Å². The zero-order valence-corrected chi connectivity index (χ0v) is 17.2. The van der Waals surface area contributed by atoms with Gasteiger partial charge in [-0.2, -0.15) is 0 Å². The van der Waals surface area contributed by atoms with Crippen LogP contribution < -0.4 is 15.8 Å². The molecule has 0 spiro atoms. The van der Waals surface area contributed by atoms with E-state index in [1.165, 1.54) is 30.3 Å². The molecule has 3 rings (SSSR count). The number of sulfonamides is 1. The van der Waals surface area contributed by atoms with Crippen LogP contribution in [0.5, 0.6) is 0 Å². The Hall–Kier alpha value is -3.85. The van der Waals surface area contributed by atoms with Crippen molar-refractivity contribution in [3.8, 4) is 0 Å². The van der Waals surface area contributed by atoms with E-state index in [0.29, 0.717) is 28.2 Å². The highest BCUT2D eigenvalue weighted by molar-refractivity contribution is 7.92. The first-order valence-corrected chi connectivity index (χ1v) is 10.8. The number of nitrogens with two attached hydrogens (primary N) is 1. The Morgan fingerprint density at radius 3 is 2.19 bits per heavy atom. The van der Waals surface area contributed by atoms with Crippen molar-refractivity contribution in [2.24, 2.45) is 0 Å². The summed E-state index contributed by atoms with van der Waals surface area (Å²) in [6.45, 7) is 0. The lowest BCUT2D eigenvalue weighted by atomic mass is 10.0. The van der Waals surface area contributed by atoms with E-state index in [1.807, 2.05) is 0 Å². The minimum atomic E-state index is -3.75. The van der Waals surface area contributed by atoms with Crippen molar-refractivity contribution in [1.82, 2.24) is 0 Å². The predicted octanol–water partition coefficient (Wildman–Crippen LogP) is 3.34. The fourth-order valence-corrected chi connectivity index (χ4v) is 3.91. The summed E-state index contributed by atoms with van der Waals surface area (Å²) in [7, 11) is -3.75. The Morgan fingerprint density at radius 1 is 0.903 bits per heavy atom. The van der Waals surface area contributed by atoms with Crippen molar-refractivity contribution in [3.63, 3.8) is 0 Å². The van der Waals surface area contributed by atoms with E-state index in [2.05, 4.69) is 10.0 Å². The van der Waals surface area contributed by atoms with Gasteiger partial charge in [-0.15, -0.1) is 0 Å². The third-order valence-electron chi connectivity index (χ3n) is 4.46. The summed E-state index contributed by atoms with van der Waals surface area (Å²) in [6, 6.07) is 18.9. The van der Waals surface area contributed by atoms with E-state index in [0.717, 1.165) is 0 Å². The number of benzene rings is 3. The zero-order chi connectivity index (χ0) is 22.4. The molecule has 0 aliphatic carbocycles. The molecule has 0 fully saturated rings. The first kappa shape index (κ1) is 21.8. The molecule has 31 heavy (non-hydrogen) atoms. The van der Waals surface area contributed by atoms with E-state index in [9.17, 15) is 18.0 Å². The van der Waals surface area contributed by atoms with Gasteiger partial charge in [-0.3, -0.25) is 14.3 Å². The Kier molecular flexibility index (Phi) is 6.56. The normalized spacial score (nSPS) is 11.0. The second kappa shape index (κ2) is 9.31. The average Bonchev–Trinajstić information content (AvgIpc) is 2.73. The van der Waals surface area contributed by atoms with Crippen molar-refractivity contribution in [3.05, 3.63) is 83.9 Å². The summed E-state index contributed by atoms with van der Waals surface area (Å²) in [5, 5.41) is 11.4. The number of carboxylic acids is 1. The molecular weight excluding hydrogens is 418 g/mol. The van der Waals surface area contributed by atoms with Crippen LogP contribution in [0.4, 0.5) is 17.1 Å². The summed E-state index contributed by atoms with van der Waals surface area (Å²) >= 11 is 0. The van der Waals surface area contributed by atoms with Gasteiger partial charge in [0.15, 0.2) is 0 Å². The largest absolute Gasteiger partial charge is 0.481 e. The SMILES string of the molecule is Nc1cc(C(=O)Nc2ccc(S(=O)(=O)Nc3ccccc3)cc2)ccc1CCC(=O)O. The molecule has 5 N–H and O–H groups in total. The Balaban J connectivity index is 1.67. The molecule has 0 atom stereocenters. The van der Waals surface area contributed by atoms with E-state index >= 15 is 0 Å². The molecule has 0 aromatic heterocycles. The van der Waals surface area contributed by atoms with Crippen molar-refractivity contribution < 1.29 is 23.1 Å². The van der Waals surface area contributed by atoms with Gasteiger partial charge >= 0.3 is 5.97 Å². The van der Waals surface area contributed by atoms with Gasteiger partial charge in [0, 0.05) is 29.0 Å². The second-order valence-electron chi connectivity index (χ2n) is 6.76. The van der Waals surface area contributed by atoms with E-state index < -0.39 is 21.9 Å². The molecule has 9 heteroatoms. The average molecular weight is 439 g/mol. The monoisotopic (exact) mass is 439 g/mol. The molecule has 0 saturated heterocycles. The maximum Gasteiger partial charge on any atom is 0.303 e. The minimum absolute atomic E-state index is 0.0515. The Bertz CT molecular complexity index is 1190. The number of para-hydroxylation sites is 1. The van der Waals surface area contributed by atoms with Crippen molar-refractivity contribution in [2.45, 2.75) is 17.7 Å². The zero-order valence-electron chi connectivity index (χ0n) is 16.4. The number of carboxylic acid groups (broad SMARTS) is 1. The van der Waals surface area contributed by atoms with E-state index in [4.69, 9.17) is 10.8 Å². The highest BCUT2D eigenvalue weighted by Crippen LogP contribution is 2.20. The van der Waals surface area contributed by atoms with Crippen LogP contribution in [-0.2, 0) is 21.2 Å². The number of nitrogens with one attached hydrogen (secondary N) is 2. The van der Waals surface area contributed by atoms with Gasteiger partial charge in [-0.05, 0) is 60.5 Å². The van der Waals surface area contributed by atoms with Crippen LogP contribution in [0.1, 0.15) is 22.3 Å². The quantitative estimate of drug-likeness (QED) is 0.397. The van der Waals surface area contributed by atoms with Gasteiger partial charge in [-0.25, -0.2) is 8.42 Å². The van der Waals surface area contributed by atoms with Crippen LogP contribution in [-0.4, -0.2) is 25.4 Å². The standard InChI is InChI=1S/C22H21N3O5S/c23-20-14-16(7-6-15(20)8-13-21(26)27)22(28)24-17-9-11-19(12-10-17)31(29,30)25-18-4-2-1-3-5-18/h1-7,9-12,14,25H,8,13,23H2,(H,24,28)(H,26,27). The van der Waals surface area contributed by atoms with Gasteiger partial charge in [-0.1, -0.05) is 24.3 Å². The molecule has 160 valence electrons. The van der Waals surface area contributed by atoms with Crippen LogP contribution in [0.3, 0.4) is 0 Å². The van der Waals surface area contributed by atoms with Crippen LogP contribution in [0.2, 0.25) is 0 Å². The van der Waals surface area contributed by atoms with Gasteiger partial charge in [0.2, 0.25) is 0 Å². The van der Waals surface area contributed by atoms with E-state index in [1.54, 1.807) is 42.5 Å². The van der Waals surface area contributed by atoms with Crippen LogP contribution in [0.15, 0.2) is 77.7 Å². The molecule has 1 amide bonds. The molecule has 3 aromatic rings. The molecule has 8 nitrogen and oxygen atoms in total. The Labute approximate surface area is 179 Å². The highest BCUT2D eigenvalue weighted by Gasteiger charge is 2.15. The molecule has 0 bridgehead atoms. The number of nitrogen functional groups attached to an aromatic ring is 1. The number of amides is 1. The lowest BCUT2D eigenvalue weighted by molar-refractivity contribution is -0.136. The number of carbonyl (C=O) groups is 2. The number of hydrogen-bond acceptors (Lipinski definition) is 5. The highest BCUT2D eigenvalue weighted by atomic mass is 32.2. The van der Waals surface area contributed by atoms with Crippen molar-refractivity contribution >= 4 is 39.0 Å². The number of carbonyl (C=O) groups excluding carboxylic acids is 1. The summed E-state index contributed by atoms with van der Waals surface area (Å²) in [4.78, 5) is 23.2. The second-order valence-corrected chi connectivity index (χ2v) is 8.44. The van der Waals surface area contributed by atoms with Gasteiger partial charge in [0.25, 0.3) is 15.9 Å². The first-order valence-electron chi connectivity index (χ1n) is 9.34. The first-order chi connectivity index (χ1) is 14.7. The fourth-order valence-electron chi connectivity index (χ4n) is 2.85. The molecule has 0 radical (unpaired) electrons. The molecule has 0 saturated carbocycles. The van der Waals surface area contributed by atoms with Crippen LogP contribution in [0, 0.1) is 0 Å². The molecule has 3 aromatic carbocycles. The van der Waals surface area contributed by atoms with Crippen molar-refractivity contribution in [1.29, 1.82) is 0 Å². The topological polar surface area (TPSA) is 139 Å². The van der Waals surface area contributed by atoms with E-state index in [-0.39, 0.29) is 17.7 Å². The summed E-state index contributed by atoms with van der Waals surface area (Å²) in [5.74, 6) is -1.35. The Morgan fingerprint density at radius 2 is 1.58 bits per heavy atom. The predicted molar refractivity (Wildman–Crippen MR) is 118 cm³/mol. The smallest absolute Gasteiger partial charge is 0.303 e. The van der Waals surface area contributed by atoms with Crippen LogP contribution in [0.25, 0.3) is 0 Å². The summed E-state index contributed by atoms with van der Waals surface area (Å²) in [5.41, 5.74) is 8.08. The number of rotatable bonds is 8. The lowest BCUT2D eigenvalue weighted by Gasteiger charge is -2.10. The summed E-state index contributed by atoms with van der Waals surface area (Å²) < 4.78 is 27.4. The van der Waals surface area contributed by atoms with Crippen LogP contribution >= 0.6 is 0 Å². The number of anilines is 3. The number of aryl methyl sites for hydroxylation is 1. The fraction of sp³-hybridized carbons (Fsp3) is 0.0909. The number of aliphatic carboxylic acids is 1. The molecule has 0 aliphatic rings. The van der Waals surface area contributed by atoms with Gasteiger partial charge < -0.3 is 16.2 Å². The molecule has 0 heterocycles. The minimum Gasteiger partial charge on any atom is -0.481 e. The van der Waals surface area contributed by atoms with Gasteiger partial charge in [0.05, 0.1) is 4.90 Å². The number of hydrogen-bond donors (Lipinski definition) is 4. The molecular formula is C22H21N3O5S. The maximum absolute atomic E-state index is 12.5. The lowest BCUT2D eigenvalue weighted by Crippen LogP contribution is -2.14. The maximum atomic E-state index is 12.5. The third kappa shape index (κ3) is 5.83. The summed E-state index contributed by atoms with van der Waals surface area (Å²) in [6.07, 6.45) is 0.222.